The van der Waals surface area contributed by atoms with Crippen molar-refractivity contribution in [2.45, 2.75) is 30.3 Å². The smallest absolute Gasteiger partial charge is 0.266 e. The standard InChI is InChI=1S/C23H20N2O2S/c1-3-17-6-4-5-7-21(17)25-23(26)18(15-24)14-19-10-13-22(27-19)28-20-11-8-16(2)9-12-20/h4-14H,3H2,1-2H3,(H,25,26)/b18-14+. The summed E-state index contributed by atoms with van der Waals surface area (Å²) in [6, 6.07) is 21.2. The van der Waals surface area contributed by atoms with Gasteiger partial charge in [0.15, 0.2) is 5.09 Å². The second-order valence-electron chi connectivity index (χ2n) is 6.21. The Hall–Kier alpha value is -3.23. The molecule has 0 saturated carbocycles. The van der Waals surface area contributed by atoms with E-state index >= 15 is 0 Å². The lowest BCUT2D eigenvalue weighted by Crippen LogP contribution is -2.14. The maximum Gasteiger partial charge on any atom is 0.266 e. The minimum absolute atomic E-state index is 0.00728. The van der Waals surface area contributed by atoms with Gasteiger partial charge < -0.3 is 9.73 Å². The Kier molecular flexibility index (Phi) is 6.36. The Balaban J connectivity index is 1.73. The van der Waals surface area contributed by atoms with Crippen LogP contribution in [-0.4, -0.2) is 5.91 Å². The van der Waals surface area contributed by atoms with Crippen LogP contribution in [0.2, 0.25) is 0 Å². The molecule has 1 aromatic heterocycles. The Morgan fingerprint density at radius 3 is 2.61 bits per heavy atom. The van der Waals surface area contributed by atoms with Crippen LogP contribution in [0, 0.1) is 18.3 Å². The van der Waals surface area contributed by atoms with E-state index in [1.54, 1.807) is 6.07 Å². The second-order valence-corrected chi connectivity index (χ2v) is 7.28. The van der Waals surface area contributed by atoms with Gasteiger partial charge in [-0.3, -0.25) is 4.79 Å². The molecule has 0 unspecified atom stereocenters. The number of furan rings is 1. The van der Waals surface area contributed by atoms with Crippen LogP contribution in [0.25, 0.3) is 6.08 Å². The van der Waals surface area contributed by atoms with Crippen molar-refractivity contribution >= 4 is 29.4 Å². The maximum absolute atomic E-state index is 12.5. The molecule has 0 spiro atoms. The third-order valence-corrected chi connectivity index (χ3v) is 5.07. The number of hydrogen-bond donors (Lipinski definition) is 1. The molecule has 140 valence electrons. The van der Waals surface area contributed by atoms with Gasteiger partial charge in [-0.2, -0.15) is 5.26 Å². The van der Waals surface area contributed by atoms with Crippen LogP contribution in [0.3, 0.4) is 0 Å². The Morgan fingerprint density at radius 1 is 1.14 bits per heavy atom. The summed E-state index contributed by atoms with van der Waals surface area (Å²) in [4.78, 5) is 13.6. The zero-order valence-corrected chi connectivity index (χ0v) is 16.5. The molecule has 1 amide bonds. The van der Waals surface area contributed by atoms with E-state index in [0.717, 1.165) is 16.9 Å². The molecule has 0 saturated heterocycles. The van der Waals surface area contributed by atoms with Crippen LogP contribution >= 0.6 is 11.8 Å². The number of carbonyl (C=O) groups is 1. The molecule has 1 heterocycles. The fourth-order valence-electron chi connectivity index (χ4n) is 2.62. The highest BCUT2D eigenvalue weighted by atomic mass is 32.2. The van der Waals surface area contributed by atoms with Crippen molar-refractivity contribution in [2.75, 3.05) is 5.32 Å². The topological polar surface area (TPSA) is 66.0 Å². The second kappa shape index (κ2) is 9.12. The van der Waals surface area contributed by atoms with Gasteiger partial charge in [0.05, 0.1) is 0 Å². The zero-order valence-electron chi connectivity index (χ0n) is 15.7. The van der Waals surface area contributed by atoms with Gasteiger partial charge in [-0.05, 0) is 49.2 Å². The summed E-state index contributed by atoms with van der Waals surface area (Å²) >= 11 is 1.49. The average Bonchev–Trinajstić information content (AvgIpc) is 3.15. The molecular formula is C23H20N2O2S. The summed E-state index contributed by atoms with van der Waals surface area (Å²) in [5, 5.41) is 12.9. The van der Waals surface area contributed by atoms with Crippen molar-refractivity contribution < 1.29 is 9.21 Å². The molecular weight excluding hydrogens is 368 g/mol. The van der Waals surface area contributed by atoms with Crippen molar-refractivity contribution in [1.29, 1.82) is 5.26 Å². The number of aryl methyl sites for hydroxylation is 2. The number of amides is 1. The van der Waals surface area contributed by atoms with Crippen LogP contribution < -0.4 is 5.32 Å². The van der Waals surface area contributed by atoms with Crippen molar-refractivity contribution in [3.05, 3.63) is 83.1 Å². The molecule has 0 bridgehead atoms. The number of nitriles is 1. The highest BCUT2D eigenvalue weighted by molar-refractivity contribution is 7.99. The average molecular weight is 388 g/mol. The van der Waals surface area contributed by atoms with Gasteiger partial charge in [-0.25, -0.2) is 0 Å². The summed E-state index contributed by atoms with van der Waals surface area (Å²) in [6.45, 7) is 4.06. The number of hydrogen-bond acceptors (Lipinski definition) is 4. The highest BCUT2D eigenvalue weighted by Gasteiger charge is 2.13. The van der Waals surface area contributed by atoms with E-state index in [9.17, 15) is 10.1 Å². The molecule has 0 aliphatic carbocycles. The first kappa shape index (κ1) is 19.5. The first-order valence-corrected chi connectivity index (χ1v) is 9.76. The lowest BCUT2D eigenvalue weighted by molar-refractivity contribution is -0.112. The molecule has 5 heteroatoms. The first-order chi connectivity index (χ1) is 13.6. The zero-order chi connectivity index (χ0) is 19.9. The number of rotatable bonds is 6. The summed E-state index contributed by atoms with van der Waals surface area (Å²) in [5.74, 6) is 0.0117. The van der Waals surface area contributed by atoms with E-state index in [4.69, 9.17) is 4.42 Å². The number of para-hydroxylation sites is 1. The van der Waals surface area contributed by atoms with E-state index in [1.807, 2.05) is 74.5 Å². The Labute approximate surface area is 168 Å². The van der Waals surface area contributed by atoms with Crippen LogP contribution in [-0.2, 0) is 11.2 Å². The van der Waals surface area contributed by atoms with Crippen LogP contribution in [0.4, 0.5) is 5.69 Å². The predicted octanol–water partition coefficient (Wildman–Crippen LogP) is 5.85. The lowest BCUT2D eigenvalue weighted by Gasteiger charge is -2.08. The van der Waals surface area contributed by atoms with Crippen LogP contribution in [0.1, 0.15) is 23.8 Å². The molecule has 0 fully saturated rings. The summed E-state index contributed by atoms with van der Waals surface area (Å²) in [6.07, 6.45) is 2.25. The number of nitrogens with one attached hydrogen (secondary N) is 1. The third-order valence-electron chi connectivity index (χ3n) is 4.14. The molecule has 3 rings (SSSR count). The van der Waals surface area contributed by atoms with Crippen molar-refractivity contribution in [1.82, 2.24) is 0 Å². The van der Waals surface area contributed by atoms with Crippen molar-refractivity contribution in [3.63, 3.8) is 0 Å². The summed E-state index contributed by atoms with van der Waals surface area (Å²) in [5.41, 5.74) is 2.92. The number of benzene rings is 2. The monoisotopic (exact) mass is 388 g/mol. The molecule has 1 N–H and O–H groups in total. The van der Waals surface area contributed by atoms with Crippen LogP contribution in [0.5, 0.6) is 0 Å². The van der Waals surface area contributed by atoms with E-state index in [2.05, 4.69) is 5.32 Å². The molecule has 4 nitrogen and oxygen atoms in total. The number of anilines is 1. The van der Waals surface area contributed by atoms with Crippen molar-refractivity contribution in [2.24, 2.45) is 0 Å². The van der Waals surface area contributed by atoms with Gasteiger partial charge in [0.25, 0.3) is 5.91 Å². The van der Waals surface area contributed by atoms with Gasteiger partial charge in [-0.1, -0.05) is 54.6 Å². The van der Waals surface area contributed by atoms with Gasteiger partial charge in [-0.15, -0.1) is 0 Å². The van der Waals surface area contributed by atoms with Gasteiger partial charge in [0.1, 0.15) is 17.4 Å². The minimum Gasteiger partial charge on any atom is -0.450 e. The molecule has 0 aliphatic heterocycles. The van der Waals surface area contributed by atoms with Crippen molar-refractivity contribution in [3.8, 4) is 6.07 Å². The molecule has 28 heavy (non-hydrogen) atoms. The fraction of sp³-hybridized carbons (Fsp3) is 0.130. The molecule has 3 aromatic rings. The van der Waals surface area contributed by atoms with Gasteiger partial charge >= 0.3 is 0 Å². The first-order valence-electron chi connectivity index (χ1n) is 8.94. The summed E-state index contributed by atoms with van der Waals surface area (Å²) in [7, 11) is 0. The normalized spacial score (nSPS) is 11.1. The summed E-state index contributed by atoms with van der Waals surface area (Å²) < 4.78 is 5.75. The largest absolute Gasteiger partial charge is 0.450 e. The molecule has 0 radical (unpaired) electrons. The van der Waals surface area contributed by atoms with Crippen LogP contribution in [0.15, 0.2) is 80.6 Å². The van der Waals surface area contributed by atoms with E-state index in [0.29, 0.717) is 16.5 Å². The highest BCUT2D eigenvalue weighted by Crippen LogP contribution is 2.30. The van der Waals surface area contributed by atoms with Gasteiger partial charge in [0.2, 0.25) is 0 Å². The maximum atomic E-state index is 12.5. The quantitative estimate of drug-likeness (QED) is 0.425. The van der Waals surface area contributed by atoms with E-state index < -0.39 is 5.91 Å². The Bertz CT molecular complexity index is 1040. The molecule has 2 aromatic carbocycles. The fourth-order valence-corrected chi connectivity index (χ4v) is 3.40. The SMILES string of the molecule is CCc1ccccc1NC(=O)/C(C#N)=C/c1ccc(Sc2ccc(C)cc2)o1. The predicted molar refractivity (Wildman–Crippen MR) is 112 cm³/mol. The number of nitrogens with zero attached hydrogens (tertiary/aromatic N) is 1. The Morgan fingerprint density at radius 2 is 1.89 bits per heavy atom. The molecule has 0 atom stereocenters. The third kappa shape index (κ3) is 4.93. The number of carbonyl (C=O) groups excluding carboxylic acids is 1. The minimum atomic E-state index is -0.451. The van der Waals surface area contributed by atoms with Gasteiger partial charge in [0, 0.05) is 16.7 Å². The molecule has 0 aliphatic rings. The van der Waals surface area contributed by atoms with E-state index in [1.165, 1.54) is 23.4 Å². The van der Waals surface area contributed by atoms with E-state index in [-0.39, 0.29) is 5.57 Å². The lowest BCUT2D eigenvalue weighted by atomic mass is 10.1.